The van der Waals surface area contributed by atoms with E-state index in [0.717, 1.165) is 35.5 Å². The number of unbranched alkanes of at least 4 members (excludes halogenated alkanes) is 1. The zero-order chi connectivity index (χ0) is 20.1. The first kappa shape index (κ1) is 21.0. The van der Waals surface area contributed by atoms with Gasteiger partial charge in [0.05, 0.1) is 0 Å². The Hall–Kier alpha value is -0.300. The number of fused-ring (bicyclic) bond motifs is 5. The Morgan fingerprint density at radius 2 is 1.89 bits per heavy atom. The van der Waals surface area contributed by atoms with E-state index in [2.05, 4.69) is 40.7 Å². The smallest absolute Gasteiger partial charge is 0.00766 e. The predicted molar refractivity (Wildman–Crippen MR) is 121 cm³/mol. The summed E-state index contributed by atoms with van der Waals surface area (Å²) in [4.78, 5) is 0. The van der Waals surface area contributed by atoms with E-state index < -0.39 is 0 Å². The summed E-state index contributed by atoms with van der Waals surface area (Å²) in [6.45, 7) is 12.7. The molecule has 1 heteroatoms. The highest BCUT2D eigenvalue weighted by Crippen LogP contribution is 2.67. The third-order valence-electron chi connectivity index (χ3n) is 10.3. The van der Waals surface area contributed by atoms with Gasteiger partial charge in [-0.05, 0) is 97.7 Å². The van der Waals surface area contributed by atoms with Gasteiger partial charge in [0.25, 0.3) is 0 Å². The maximum atomic E-state index is 6.35. The molecule has 4 aliphatic carbocycles. The zero-order valence-electron chi connectivity index (χ0n) is 19.5. The lowest BCUT2D eigenvalue weighted by Gasteiger charge is -2.58. The average Bonchev–Trinajstić information content (AvgIpc) is 2.89. The van der Waals surface area contributed by atoms with E-state index >= 15 is 0 Å². The van der Waals surface area contributed by atoms with Crippen LogP contribution >= 0.6 is 0 Å². The Morgan fingerprint density at radius 3 is 2.64 bits per heavy atom. The summed E-state index contributed by atoms with van der Waals surface area (Å²) in [5.41, 5.74) is 9.18. The van der Waals surface area contributed by atoms with Crippen LogP contribution in [0.5, 0.6) is 0 Å². The Bertz CT molecular complexity index is 591. The van der Waals surface area contributed by atoms with E-state index in [-0.39, 0.29) is 0 Å². The van der Waals surface area contributed by atoms with Crippen molar-refractivity contribution in [2.24, 2.45) is 52.1 Å². The first-order chi connectivity index (χ1) is 13.3. The standard InChI is InChI=1S/C27H47N/c1-18(2)8-6-7-9-23-19(3)16-25-22-11-10-20-17-21(28)12-14-26(20,4)24(22)13-15-27(23,25)5/h10,18-19,21-25H,6-9,11-17,28H2,1-5H3. The first-order valence-corrected chi connectivity index (χ1v) is 12.7. The van der Waals surface area contributed by atoms with E-state index in [0.29, 0.717) is 16.9 Å². The molecule has 0 aromatic rings. The summed E-state index contributed by atoms with van der Waals surface area (Å²) >= 11 is 0. The summed E-state index contributed by atoms with van der Waals surface area (Å²) in [5, 5.41) is 0. The van der Waals surface area contributed by atoms with Crippen molar-refractivity contribution < 1.29 is 0 Å². The molecule has 0 aromatic carbocycles. The van der Waals surface area contributed by atoms with Gasteiger partial charge >= 0.3 is 0 Å². The third-order valence-corrected chi connectivity index (χ3v) is 10.3. The largest absolute Gasteiger partial charge is 0.327 e. The molecular formula is C27H47N. The SMILES string of the molecule is CC(C)CCCCC1C(C)CC2C3CC=C4CC(N)CCC4(C)C3CCC12C. The molecule has 3 saturated carbocycles. The molecule has 8 atom stereocenters. The lowest BCUT2D eigenvalue weighted by Crippen LogP contribution is -2.51. The molecule has 0 saturated heterocycles. The maximum absolute atomic E-state index is 6.35. The molecule has 0 bridgehead atoms. The minimum absolute atomic E-state index is 0.423. The van der Waals surface area contributed by atoms with Crippen molar-refractivity contribution in [1.29, 1.82) is 0 Å². The van der Waals surface area contributed by atoms with Crippen LogP contribution < -0.4 is 5.73 Å². The molecular weight excluding hydrogens is 338 g/mol. The highest BCUT2D eigenvalue weighted by molar-refractivity contribution is 5.25. The normalized spacial score (nSPS) is 48.0. The van der Waals surface area contributed by atoms with Crippen molar-refractivity contribution in [3.63, 3.8) is 0 Å². The van der Waals surface area contributed by atoms with Gasteiger partial charge in [-0.2, -0.15) is 0 Å². The van der Waals surface area contributed by atoms with Crippen LogP contribution in [0.25, 0.3) is 0 Å². The highest BCUT2D eigenvalue weighted by Gasteiger charge is 2.59. The second kappa shape index (κ2) is 7.75. The molecule has 0 spiro atoms. The lowest BCUT2D eigenvalue weighted by molar-refractivity contribution is -0.0443. The number of allylic oxidation sites excluding steroid dienone is 1. The van der Waals surface area contributed by atoms with Crippen LogP contribution in [0.1, 0.15) is 105 Å². The number of nitrogens with two attached hydrogens (primary N) is 1. The van der Waals surface area contributed by atoms with Crippen molar-refractivity contribution in [1.82, 2.24) is 0 Å². The fraction of sp³-hybridized carbons (Fsp3) is 0.926. The van der Waals surface area contributed by atoms with Crippen LogP contribution in [-0.4, -0.2) is 6.04 Å². The van der Waals surface area contributed by atoms with Gasteiger partial charge in [-0.25, -0.2) is 0 Å². The Balaban J connectivity index is 1.50. The van der Waals surface area contributed by atoms with E-state index in [9.17, 15) is 0 Å². The molecule has 0 radical (unpaired) electrons. The van der Waals surface area contributed by atoms with Crippen molar-refractivity contribution in [3.8, 4) is 0 Å². The second-order valence-electron chi connectivity index (χ2n) is 12.3. The molecule has 3 fully saturated rings. The number of hydrogen-bond donors (Lipinski definition) is 1. The molecule has 4 rings (SSSR count). The topological polar surface area (TPSA) is 26.0 Å². The van der Waals surface area contributed by atoms with Gasteiger partial charge in [0.1, 0.15) is 0 Å². The predicted octanol–water partition coefficient (Wildman–Crippen LogP) is 7.36. The van der Waals surface area contributed by atoms with Crippen LogP contribution in [0.3, 0.4) is 0 Å². The van der Waals surface area contributed by atoms with Gasteiger partial charge in [0, 0.05) is 6.04 Å². The van der Waals surface area contributed by atoms with E-state index in [1.807, 2.05) is 0 Å². The lowest BCUT2D eigenvalue weighted by atomic mass is 9.47. The Morgan fingerprint density at radius 1 is 1.11 bits per heavy atom. The van der Waals surface area contributed by atoms with Crippen LogP contribution in [0, 0.1) is 46.3 Å². The Kier molecular flexibility index (Phi) is 5.80. The maximum Gasteiger partial charge on any atom is 0.00766 e. The summed E-state index contributed by atoms with van der Waals surface area (Å²) in [5.74, 6) is 5.64. The van der Waals surface area contributed by atoms with Crippen LogP contribution in [0.4, 0.5) is 0 Å². The molecule has 28 heavy (non-hydrogen) atoms. The van der Waals surface area contributed by atoms with Gasteiger partial charge in [-0.3, -0.25) is 0 Å². The summed E-state index contributed by atoms with van der Waals surface area (Å²) < 4.78 is 0. The van der Waals surface area contributed by atoms with Crippen molar-refractivity contribution in [2.75, 3.05) is 0 Å². The molecule has 1 nitrogen and oxygen atoms in total. The fourth-order valence-electron chi connectivity index (χ4n) is 8.69. The first-order valence-electron chi connectivity index (χ1n) is 12.7. The minimum atomic E-state index is 0.423. The quantitative estimate of drug-likeness (QED) is 0.388. The van der Waals surface area contributed by atoms with E-state index in [4.69, 9.17) is 5.73 Å². The van der Waals surface area contributed by atoms with Gasteiger partial charge in [-0.15, -0.1) is 0 Å². The van der Waals surface area contributed by atoms with E-state index in [1.54, 1.807) is 5.57 Å². The molecule has 4 aliphatic rings. The molecule has 2 N–H and O–H groups in total. The number of rotatable bonds is 5. The highest BCUT2D eigenvalue weighted by atomic mass is 14.7. The minimum Gasteiger partial charge on any atom is -0.327 e. The number of hydrogen-bond acceptors (Lipinski definition) is 1. The van der Waals surface area contributed by atoms with Crippen molar-refractivity contribution in [2.45, 2.75) is 111 Å². The van der Waals surface area contributed by atoms with Crippen molar-refractivity contribution in [3.05, 3.63) is 11.6 Å². The molecule has 0 aliphatic heterocycles. The second-order valence-corrected chi connectivity index (χ2v) is 12.3. The van der Waals surface area contributed by atoms with E-state index in [1.165, 1.54) is 70.6 Å². The van der Waals surface area contributed by atoms with Gasteiger partial charge in [-0.1, -0.05) is 65.5 Å². The molecule has 0 amide bonds. The average molecular weight is 386 g/mol. The van der Waals surface area contributed by atoms with Gasteiger partial charge < -0.3 is 5.73 Å². The van der Waals surface area contributed by atoms with Crippen molar-refractivity contribution >= 4 is 0 Å². The molecule has 0 aromatic heterocycles. The summed E-state index contributed by atoms with van der Waals surface area (Å²) in [7, 11) is 0. The van der Waals surface area contributed by atoms with Crippen LogP contribution in [0.2, 0.25) is 0 Å². The third kappa shape index (κ3) is 3.42. The molecule has 0 heterocycles. The molecule has 160 valence electrons. The van der Waals surface area contributed by atoms with Crippen LogP contribution in [-0.2, 0) is 0 Å². The van der Waals surface area contributed by atoms with Gasteiger partial charge in [0.15, 0.2) is 0 Å². The fourth-order valence-corrected chi connectivity index (χ4v) is 8.69. The van der Waals surface area contributed by atoms with Crippen LogP contribution in [0.15, 0.2) is 11.6 Å². The molecule has 8 unspecified atom stereocenters. The Labute approximate surface area is 175 Å². The monoisotopic (exact) mass is 385 g/mol. The zero-order valence-corrected chi connectivity index (χ0v) is 19.5. The van der Waals surface area contributed by atoms with Gasteiger partial charge in [0.2, 0.25) is 0 Å². The summed E-state index contributed by atoms with van der Waals surface area (Å²) in [6.07, 6.45) is 18.1. The summed E-state index contributed by atoms with van der Waals surface area (Å²) in [6, 6.07) is 0.423.